The summed E-state index contributed by atoms with van der Waals surface area (Å²) in [5.74, 6) is 0.101. The molecule has 0 saturated heterocycles. The Morgan fingerprint density at radius 1 is 1.24 bits per heavy atom. The van der Waals surface area contributed by atoms with Gasteiger partial charge >= 0.3 is 0 Å². The summed E-state index contributed by atoms with van der Waals surface area (Å²) >= 11 is 4.19. The molecule has 2 aromatic rings. The lowest BCUT2D eigenvalue weighted by Gasteiger charge is -2.23. The third-order valence-electron chi connectivity index (χ3n) is 6.03. The van der Waals surface area contributed by atoms with E-state index in [9.17, 15) is 20.0 Å². The van der Waals surface area contributed by atoms with Crippen LogP contribution < -0.4 is 4.74 Å². The van der Waals surface area contributed by atoms with Crippen LogP contribution in [0.2, 0.25) is 0 Å². The molecule has 0 bridgehead atoms. The summed E-state index contributed by atoms with van der Waals surface area (Å²) in [5.41, 5.74) is 4.13. The van der Waals surface area contributed by atoms with E-state index in [0.717, 1.165) is 25.0 Å². The van der Waals surface area contributed by atoms with Gasteiger partial charge < -0.3 is 9.84 Å². The molecular weight excluding hydrogens is 442 g/mol. The maximum atomic E-state index is 13.3. The summed E-state index contributed by atoms with van der Waals surface area (Å²) in [6.45, 7) is 0.00224. The minimum atomic E-state index is -0.467. The fourth-order valence-corrected chi connectivity index (χ4v) is 4.67. The zero-order valence-electron chi connectivity index (χ0n) is 17.6. The lowest BCUT2D eigenvalue weighted by Crippen LogP contribution is -2.35. The Bertz CT molecular complexity index is 1270. The second kappa shape index (κ2) is 8.40. The molecule has 8 nitrogen and oxygen atoms in total. The van der Waals surface area contributed by atoms with E-state index >= 15 is 0 Å². The zero-order chi connectivity index (χ0) is 23.1. The first kappa shape index (κ1) is 21.3. The lowest BCUT2D eigenvalue weighted by atomic mass is 10.0. The Labute approximate surface area is 195 Å². The van der Waals surface area contributed by atoms with Crippen LogP contribution in [-0.2, 0) is 12.4 Å². The van der Waals surface area contributed by atoms with Crippen molar-refractivity contribution in [3.8, 4) is 11.5 Å². The molecule has 1 aliphatic carbocycles. The maximum absolute atomic E-state index is 13.3. The van der Waals surface area contributed by atoms with Crippen LogP contribution in [0.3, 0.4) is 0 Å². The van der Waals surface area contributed by atoms with Crippen molar-refractivity contribution in [3.63, 3.8) is 0 Å². The van der Waals surface area contributed by atoms with Gasteiger partial charge in [0.05, 0.1) is 22.2 Å². The molecule has 0 saturated carbocycles. The summed E-state index contributed by atoms with van der Waals surface area (Å²) in [5, 5.41) is 21.8. The molecule has 9 heteroatoms. The van der Waals surface area contributed by atoms with Crippen molar-refractivity contribution in [1.82, 2.24) is 4.90 Å². The van der Waals surface area contributed by atoms with Crippen molar-refractivity contribution in [1.29, 1.82) is 0 Å². The monoisotopic (exact) mass is 463 g/mol. The summed E-state index contributed by atoms with van der Waals surface area (Å²) in [6.07, 6.45) is 8.51. The summed E-state index contributed by atoms with van der Waals surface area (Å²) in [4.78, 5) is 30.3. The van der Waals surface area contributed by atoms with Crippen LogP contribution in [0, 0.1) is 10.1 Å². The second-order valence-electron chi connectivity index (χ2n) is 8.20. The fraction of sp³-hybridized carbons (Fsp3) is 0.250. The number of allylic oxidation sites excluding steroid dienone is 2. The molecule has 0 aromatic heterocycles. The third kappa shape index (κ3) is 3.89. The van der Waals surface area contributed by atoms with Crippen molar-refractivity contribution >= 4 is 36.1 Å². The van der Waals surface area contributed by atoms with E-state index in [0.29, 0.717) is 28.1 Å². The number of rotatable bonds is 5. The van der Waals surface area contributed by atoms with Crippen LogP contribution in [-0.4, -0.2) is 33.1 Å². The van der Waals surface area contributed by atoms with Gasteiger partial charge in [-0.2, -0.15) is 12.6 Å². The predicted molar refractivity (Wildman–Crippen MR) is 126 cm³/mol. The number of aliphatic imine (C=N–C) groups is 1. The van der Waals surface area contributed by atoms with Crippen molar-refractivity contribution < 1.29 is 19.6 Å². The highest BCUT2D eigenvalue weighted by atomic mass is 32.1. The molecular formula is C24H21N3O5S. The topological polar surface area (TPSA) is 105 Å². The van der Waals surface area contributed by atoms with E-state index in [1.807, 2.05) is 6.08 Å². The van der Waals surface area contributed by atoms with Gasteiger partial charge in [0.15, 0.2) is 11.5 Å². The number of hydrogen-bond acceptors (Lipinski definition) is 7. The molecule has 0 radical (unpaired) electrons. The molecule has 2 aromatic carbocycles. The standard InChI is InChI=1S/C24H21N3O5S/c28-22-9-19-20(25-11-18-8-16-3-1-2-4-21(16)26(18)24(19)29)10-23(22)32-12-14-5-15(13-33)7-17(6-14)27(30)31/h2,4-7,9-11,18,28,33H,1,3,8,12-13H2/t18-/m0/s1. The van der Waals surface area contributed by atoms with Gasteiger partial charge in [0.1, 0.15) is 6.61 Å². The number of carbonyl (C=O) groups excluding carboxylic acids is 1. The van der Waals surface area contributed by atoms with Gasteiger partial charge in [-0.05, 0) is 48.1 Å². The van der Waals surface area contributed by atoms with Gasteiger partial charge in [-0.15, -0.1) is 0 Å². The second-order valence-corrected chi connectivity index (χ2v) is 8.52. The molecule has 0 unspecified atom stereocenters. The Kier molecular flexibility index (Phi) is 5.41. The Morgan fingerprint density at radius 2 is 2.06 bits per heavy atom. The van der Waals surface area contributed by atoms with E-state index in [-0.39, 0.29) is 35.7 Å². The molecule has 0 fully saturated rings. The highest BCUT2D eigenvalue weighted by Gasteiger charge is 2.37. The number of nitrogens with zero attached hydrogens (tertiary/aromatic N) is 3. The average Bonchev–Trinajstić information content (AvgIpc) is 3.14. The van der Waals surface area contributed by atoms with E-state index in [4.69, 9.17) is 4.74 Å². The molecule has 3 aliphatic rings. The normalized spacial score (nSPS) is 18.6. The van der Waals surface area contributed by atoms with Gasteiger partial charge in [-0.3, -0.25) is 24.8 Å². The highest BCUT2D eigenvalue weighted by Crippen LogP contribution is 2.41. The Balaban J connectivity index is 1.42. The summed E-state index contributed by atoms with van der Waals surface area (Å²) in [7, 11) is 0. The zero-order valence-corrected chi connectivity index (χ0v) is 18.5. The highest BCUT2D eigenvalue weighted by molar-refractivity contribution is 7.79. The largest absolute Gasteiger partial charge is 0.504 e. The number of nitro groups is 1. The Hall–Kier alpha value is -3.59. The first-order chi connectivity index (χ1) is 15.9. The predicted octanol–water partition coefficient (Wildman–Crippen LogP) is 4.84. The number of phenolic OH excluding ortho intramolecular Hbond substituents is 1. The van der Waals surface area contributed by atoms with Crippen LogP contribution in [0.1, 0.15) is 40.7 Å². The lowest BCUT2D eigenvalue weighted by molar-refractivity contribution is -0.385. The van der Waals surface area contributed by atoms with Crippen molar-refractivity contribution in [2.75, 3.05) is 0 Å². The minimum Gasteiger partial charge on any atom is -0.504 e. The van der Waals surface area contributed by atoms with Crippen molar-refractivity contribution in [2.45, 2.75) is 37.7 Å². The van der Waals surface area contributed by atoms with E-state index < -0.39 is 4.92 Å². The number of amides is 1. The smallest absolute Gasteiger partial charge is 0.270 e. The van der Waals surface area contributed by atoms with Crippen molar-refractivity contribution in [3.05, 3.63) is 80.6 Å². The number of fused-ring (bicyclic) bond motifs is 3. The number of phenols is 1. The third-order valence-corrected chi connectivity index (χ3v) is 6.40. The van der Waals surface area contributed by atoms with Gasteiger partial charge in [0.2, 0.25) is 0 Å². The molecule has 2 aliphatic heterocycles. The first-order valence-electron chi connectivity index (χ1n) is 10.6. The van der Waals surface area contributed by atoms with Crippen LogP contribution in [0.25, 0.3) is 0 Å². The molecule has 33 heavy (non-hydrogen) atoms. The van der Waals surface area contributed by atoms with Crippen LogP contribution in [0.15, 0.2) is 58.7 Å². The number of thiol groups is 1. The molecule has 0 spiro atoms. The van der Waals surface area contributed by atoms with Gasteiger partial charge in [0, 0.05) is 35.9 Å². The average molecular weight is 464 g/mol. The van der Waals surface area contributed by atoms with Crippen LogP contribution in [0.4, 0.5) is 11.4 Å². The van der Waals surface area contributed by atoms with Gasteiger partial charge in [0.25, 0.3) is 11.6 Å². The molecule has 168 valence electrons. The van der Waals surface area contributed by atoms with E-state index in [1.165, 1.54) is 29.8 Å². The SMILES string of the molecule is O=C1c2cc(O)c(OCc3cc(CS)cc([N+](=O)[O-])c3)cc2N=C[C@@H]2CC3=C(C=CCC3)N12. The van der Waals surface area contributed by atoms with Crippen LogP contribution in [0.5, 0.6) is 11.5 Å². The number of benzene rings is 2. The quantitative estimate of drug-likeness (QED) is 0.375. The van der Waals surface area contributed by atoms with Crippen LogP contribution >= 0.6 is 12.6 Å². The maximum Gasteiger partial charge on any atom is 0.270 e. The van der Waals surface area contributed by atoms with E-state index in [1.54, 1.807) is 17.2 Å². The molecule has 2 heterocycles. The molecule has 1 atom stereocenters. The fourth-order valence-electron chi connectivity index (χ4n) is 4.49. The van der Waals surface area contributed by atoms with E-state index in [2.05, 4.69) is 23.7 Å². The number of ether oxygens (including phenoxy) is 1. The number of hydrogen-bond donors (Lipinski definition) is 2. The first-order valence-corrected chi connectivity index (χ1v) is 11.2. The summed E-state index contributed by atoms with van der Waals surface area (Å²) < 4.78 is 5.76. The summed E-state index contributed by atoms with van der Waals surface area (Å²) in [6, 6.07) is 7.42. The number of nitro benzene ring substituents is 1. The molecule has 1 amide bonds. The number of aromatic hydroxyl groups is 1. The van der Waals surface area contributed by atoms with Gasteiger partial charge in [-0.1, -0.05) is 12.1 Å². The number of non-ortho nitro benzene ring substituents is 1. The molecule has 5 rings (SSSR count). The minimum absolute atomic E-state index is 0.00224. The molecule has 1 N–H and O–H groups in total. The number of carbonyl (C=O) groups is 1. The van der Waals surface area contributed by atoms with Gasteiger partial charge in [-0.25, -0.2) is 0 Å². The Morgan fingerprint density at radius 3 is 2.85 bits per heavy atom. The van der Waals surface area contributed by atoms with Crippen molar-refractivity contribution in [2.24, 2.45) is 4.99 Å².